The fourth-order valence-electron chi connectivity index (χ4n) is 1.29. The van der Waals surface area contributed by atoms with Gasteiger partial charge in [0, 0.05) is 4.91 Å². The maximum atomic E-state index is 11.0. The highest BCUT2D eigenvalue weighted by Crippen LogP contribution is 2.39. The highest BCUT2D eigenvalue weighted by molar-refractivity contribution is 6.74. The van der Waals surface area contributed by atoms with Gasteiger partial charge in [-0.15, -0.1) is 0 Å². The number of azide groups is 1. The van der Waals surface area contributed by atoms with E-state index in [1.807, 2.05) is 0 Å². The number of hydrogen-bond acceptors (Lipinski definition) is 4. The minimum atomic E-state index is -2.07. The predicted octanol–water partition coefficient (Wildman–Crippen LogP) is 4.92. The monoisotopic (exact) mass is 294 g/mol. The van der Waals surface area contributed by atoms with Crippen LogP contribution in [-0.2, 0) is 0 Å². The molecule has 0 atom stereocenters. The Bertz CT molecular complexity index is 575. The molecule has 7 nitrogen and oxygen atoms in total. The van der Waals surface area contributed by atoms with Crippen LogP contribution in [0.2, 0.25) is 18.1 Å². The summed E-state index contributed by atoms with van der Waals surface area (Å²) < 4.78 is 5.99. The summed E-state index contributed by atoms with van der Waals surface area (Å²) in [6, 6.07) is 4.31. The van der Waals surface area contributed by atoms with Gasteiger partial charge in [0.2, 0.25) is 8.32 Å². The van der Waals surface area contributed by atoms with Gasteiger partial charge in [0.05, 0.1) is 11.0 Å². The molecule has 0 unspecified atom stereocenters. The highest BCUT2D eigenvalue weighted by atomic mass is 28.4. The second kappa shape index (κ2) is 5.52. The van der Waals surface area contributed by atoms with Crippen molar-refractivity contribution < 1.29 is 9.35 Å². The Kier molecular flexibility index (Phi) is 4.42. The van der Waals surface area contributed by atoms with Gasteiger partial charge in [-0.1, -0.05) is 25.9 Å². The first kappa shape index (κ1) is 16.0. The second-order valence-corrected chi connectivity index (χ2v) is 10.7. The zero-order valence-corrected chi connectivity index (χ0v) is 13.2. The average molecular weight is 294 g/mol. The molecule has 0 spiro atoms. The molecule has 0 aliphatic rings. The van der Waals surface area contributed by atoms with E-state index in [9.17, 15) is 10.1 Å². The van der Waals surface area contributed by atoms with Crippen molar-refractivity contribution in [1.29, 1.82) is 0 Å². The molecule has 0 saturated carbocycles. The summed E-state index contributed by atoms with van der Waals surface area (Å²) in [4.78, 5) is 13.0. The van der Waals surface area contributed by atoms with Crippen LogP contribution in [0, 0.1) is 10.1 Å². The van der Waals surface area contributed by atoms with Crippen molar-refractivity contribution in [2.45, 2.75) is 38.9 Å². The first-order valence-electron chi connectivity index (χ1n) is 6.11. The molecule has 0 saturated heterocycles. The van der Waals surface area contributed by atoms with E-state index in [2.05, 4.69) is 43.9 Å². The summed E-state index contributed by atoms with van der Waals surface area (Å²) in [5.41, 5.74) is 8.13. The standard InChI is InChI=1S/C12H18N4O3Si/c1-12(2,3)20(4,5)19-9-6-7-10(14-15-13)11(8-9)16(17)18/h6-8H,1-5H3. The topological polar surface area (TPSA) is 101 Å². The van der Waals surface area contributed by atoms with Crippen LogP contribution in [0.1, 0.15) is 20.8 Å². The van der Waals surface area contributed by atoms with E-state index in [0.717, 1.165) is 0 Å². The maximum Gasteiger partial charge on any atom is 0.282 e. The zero-order valence-electron chi connectivity index (χ0n) is 12.2. The number of nitro groups is 1. The third kappa shape index (κ3) is 3.49. The Morgan fingerprint density at radius 2 is 2.00 bits per heavy atom. The van der Waals surface area contributed by atoms with E-state index in [1.165, 1.54) is 12.1 Å². The molecule has 0 fully saturated rings. The van der Waals surface area contributed by atoms with Gasteiger partial charge in [-0.05, 0) is 35.8 Å². The first-order chi connectivity index (χ1) is 9.08. The third-order valence-corrected chi connectivity index (χ3v) is 7.83. The summed E-state index contributed by atoms with van der Waals surface area (Å²) in [6.45, 7) is 10.4. The van der Waals surface area contributed by atoms with Crippen molar-refractivity contribution in [2.75, 3.05) is 0 Å². The molecular formula is C12H18N4O3Si. The van der Waals surface area contributed by atoms with Gasteiger partial charge >= 0.3 is 0 Å². The molecule has 0 aliphatic heterocycles. The van der Waals surface area contributed by atoms with Crippen LogP contribution in [0.15, 0.2) is 23.3 Å². The predicted molar refractivity (Wildman–Crippen MR) is 79.7 cm³/mol. The second-order valence-electron chi connectivity index (χ2n) is 5.96. The summed E-state index contributed by atoms with van der Waals surface area (Å²) in [6.07, 6.45) is 0. The Labute approximate surface area is 118 Å². The van der Waals surface area contributed by atoms with E-state index >= 15 is 0 Å². The lowest BCUT2D eigenvalue weighted by atomic mass is 10.2. The van der Waals surface area contributed by atoms with Gasteiger partial charge in [-0.25, -0.2) is 0 Å². The highest BCUT2D eigenvalue weighted by Gasteiger charge is 2.39. The van der Waals surface area contributed by atoms with Crippen molar-refractivity contribution in [2.24, 2.45) is 5.11 Å². The lowest BCUT2D eigenvalue weighted by Gasteiger charge is -2.36. The summed E-state index contributed by atoms with van der Waals surface area (Å²) in [5, 5.41) is 14.3. The molecule has 20 heavy (non-hydrogen) atoms. The van der Waals surface area contributed by atoms with E-state index in [1.54, 1.807) is 6.07 Å². The van der Waals surface area contributed by atoms with Crippen LogP contribution < -0.4 is 4.43 Å². The van der Waals surface area contributed by atoms with Crippen molar-refractivity contribution in [1.82, 2.24) is 0 Å². The molecule has 1 rings (SSSR count). The molecule has 0 N–H and O–H groups in total. The van der Waals surface area contributed by atoms with Gasteiger partial charge in [-0.3, -0.25) is 10.1 Å². The van der Waals surface area contributed by atoms with Crippen molar-refractivity contribution in [3.8, 4) is 5.75 Å². The van der Waals surface area contributed by atoms with Gasteiger partial charge in [0.15, 0.2) is 0 Å². The molecule has 0 radical (unpaired) electrons. The smallest absolute Gasteiger partial charge is 0.282 e. The van der Waals surface area contributed by atoms with Crippen molar-refractivity contribution >= 4 is 19.7 Å². The van der Waals surface area contributed by atoms with E-state index in [4.69, 9.17) is 9.96 Å². The number of nitro benzene ring substituents is 1. The molecule has 108 valence electrons. The summed E-state index contributed by atoms with van der Waals surface area (Å²) in [5.74, 6) is 0.431. The van der Waals surface area contributed by atoms with E-state index in [-0.39, 0.29) is 16.4 Å². The summed E-state index contributed by atoms with van der Waals surface area (Å²) in [7, 11) is -2.07. The van der Waals surface area contributed by atoms with Gasteiger partial charge in [0.1, 0.15) is 11.4 Å². The zero-order chi connectivity index (χ0) is 15.6. The summed E-state index contributed by atoms with van der Waals surface area (Å²) >= 11 is 0. The van der Waals surface area contributed by atoms with Gasteiger partial charge in [0.25, 0.3) is 5.69 Å². The SMILES string of the molecule is CC(C)(C)[Si](C)(C)Oc1ccc(N=[N+]=[N-])c([N+](=O)[O-])c1. The Hall–Kier alpha value is -2.05. The molecule has 0 aromatic heterocycles. The molecular weight excluding hydrogens is 276 g/mol. The van der Waals surface area contributed by atoms with Crippen LogP contribution in [0.25, 0.3) is 10.4 Å². The minimum absolute atomic E-state index is 0.00867. The Balaban J connectivity index is 3.20. The Morgan fingerprint density at radius 3 is 2.45 bits per heavy atom. The molecule has 0 aliphatic carbocycles. The third-order valence-electron chi connectivity index (χ3n) is 3.48. The van der Waals surface area contributed by atoms with Crippen molar-refractivity contribution in [3.05, 3.63) is 38.8 Å². The van der Waals surface area contributed by atoms with E-state index < -0.39 is 13.2 Å². The van der Waals surface area contributed by atoms with Crippen LogP contribution in [0.3, 0.4) is 0 Å². The number of benzene rings is 1. The normalized spacial score (nSPS) is 11.7. The Morgan fingerprint density at radius 1 is 1.40 bits per heavy atom. The van der Waals surface area contributed by atoms with E-state index in [0.29, 0.717) is 5.75 Å². The largest absolute Gasteiger partial charge is 0.543 e. The fourth-order valence-corrected chi connectivity index (χ4v) is 2.32. The fraction of sp³-hybridized carbons (Fsp3) is 0.500. The van der Waals surface area contributed by atoms with Crippen LogP contribution in [0.5, 0.6) is 5.75 Å². The molecule has 1 aromatic carbocycles. The number of nitrogens with zero attached hydrogens (tertiary/aromatic N) is 4. The van der Waals surface area contributed by atoms with Gasteiger partial charge in [-0.2, -0.15) is 0 Å². The lowest BCUT2D eigenvalue weighted by Crippen LogP contribution is -2.43. The first-order valence-corrected chi connectivity index (χ1v) is 9.02. The van der Waals surface area contributed by atoms with Crippen LogP contribution >= 0.6 is 0 Å². The molecule has 0 heterocycles. The van der Waals surface area contributed by atoms with Crippen molar-refractivity contribution in [3.63, 3.8) is 0 Å². The maximum absolute atomic E-state index is 11.0. The quantitative estimate of drug-likeness (QED) is 0.196. The number of hydrogen-bond donors (Lipinski definition) is 0. The van der Waals surface area contributed by atoms with Crippen LogP contribution in [-0.4, -0.2) is 13.2 Å². The minimum Gasteiger partial charge on any atom is -0.543 e. The van der Waals surface area contributed by atoms with Crippen LogP contribution in [0.4, 0.5) is 11.4 Å². The molecule has 1 aromatic rings. The van der Waals surface area contributed by atoms with Gasteiger partial charge < -0.3 is 4.43 Å². The number of rotatable bonds is 4. The lowest BCUT2D eigenvalue weighted by molar-refractivity contribution is -0.384. The molecule has 0 bridgehead atoms. The molecule has 8 heteroatoms. The average Bonchev–Trinajstić information content (AvgIpc) is 2.29. The molecule has 0 amide bonds.